The zero-order valence-electron chi connectivity index (χ0n) is 59.5. The maximum atomic E-state index is 4.86. The monoisotopic (exact) mass is 1270 g/mol. The molecule has 0 aliphatic rings. The number of aryl methyl sites for hydroxylation is 5. The van der Waals surface area contributed by atoms with Crippen LogP contribution in [0.1, 0.15) is 91.1 Å². The molecule has 0 atom stereocenters. The van der Waals surface area contributed by atoms with Crippen LogP contribution in [0, 0.1) is 13.8 Å². The zero-order chi connectivity index (χ0) is 67.7. The van der Waals surface area contributed by atoms with Crippen LogP contribution in [0.5, 0.6) is 0 Å². The van der Waals surface area contributed by atoms with Gasteiger partial charge in [0.15, 0.2) is 90.7 Å². The van der Waals surface area contributed by atoms with Gasteiger partial charge >= 0.3 is 5.82 Å². The van der Waals surface area contributed by atoms with Crippen molar-refractivity contribution in [1.29, 1.82) is 0 Å². The van der Waals surface area contributed by atoms with E-state index in [2.05, 4.69) is 362 Å². The van der Waals surface area contributed by atoms with Crippen LogP contribution in [0.3, 0.4) is 0 Å². The molecule has 0 unspecified atom stereocenters. The maximum Gasteiger partial charge on any atom is 0.342 e. The lowest BCUT2D eigenvalue weighted by molar-refractivity contribution is -0.790. The Morgan fingerprint density at radius 1 is 0.383 bits per heavy atom. The minimum atomic E-state index is 0.419. The lowest BCUT2D eigenvalue weighted by Gasteiger charge is -2.07. The average Bonchev–Trinajstić information content (AvgIpc) is 1.64. The molecule has 0 amide bonds. The van der Waals surface area contributed by atoms with E-state index in [1.54, 1.807) is 0 Å². The first-order chi connectivity index (χ1) is 44.8. The van der Waals surface area contributed by atoms with Gasteiger partial charge in [0.25, 0.3) is 0 Å². The number of hydrogen-bond donors (Lipinski definition) is 0. The van der Waals surface area contributed by atoms with E-state index in [-0.39, 0.29) is 0 Å². The molecule has 0 aliphatic heterocycles. The van der Waals surface area contributed by atoms with Crippen LogP contribution in [0.4, 0.5) is 0 Å². The SMILES string of the molecule is CC(C)[n+]1ccc(-c2cccc(-c3nc4ccccc4n3C)[n+]2C)n1C.CC(C)[n+]1ccc(-c2cccc(-n3ccc[n+]3C)[n+]2C)n1C.Cc1cc(-c2cccc(-c3cc[n+](C(C)C)n3C)[n+]2C)n(C)n1.Cc1ncc(-c2cccc(-c3cc[n+](C(C)C)n3C)[n+]2C)n1C. The molecule has 0 aliphatic carbocycles. The summed E-state index contributed by atoms with van der Waals surface area (Å²) in [5.41, 5.74) is 18.3. The fourth-order valence-corrected chi connectivity index (χ4v) is 12.9. The Kier molecular flexibility index (Phi) is 19.5. The molecule has 1 aromatic carbocycles. The van der Waals surface area contributed by atoms with Gasteiger partial charge in [-0.25, -0.2) is 14.5 Å². The molecule has 486 valence electrons. The van der Waals surface area contributed by atoms with Gasteiger partial charge in [-0.15, -0.1) is 32.8 Å². The summed E-state index contributed by atoms with van der Waals surface area (Å²) in [6.45, 7) is 21.6. The van der Waals surface area contributed by atoms with Gasteiger partial charge in [0.2, 0.25) is 46.2 Å². The average molecular weight is 1270 g/mol. The number of rotatable bonds is 12. The molecule has 0 saturated carbocycles. The Morgan fingerprint density at radius 3 is 1.15 bits per heavy atom. The molecule has 0 saturated heterocycles. The van der Waals surface area contributed by atoms with E-state index in [4.69, 9.17) is 4.98 Å². The smallest absolute Gasteiger partial charge is 0.326 e. The highest BCUT2D eigenvalue weighted by atomic mass is 15.4. The molecule has 0 N–H and O–H groups in total. The molecule has 20 nitrogen and oxygen atoms in total. The van der Waals surface area contributed by atoms with Gasteiger partial charge in [-0.2, -0.15) is 23.5 Å². The second kappa shape index (κ2) is 27.5. The van der Waals surface area contributed by atoms with E-state index in [1.165, 1.54) is 39.9 Å². The third-order valence-corrected chi connectivity index (χ3v) is 18.3. The van der Waals surface area contributed by atoms with E-state index in [1.807, 2.05) is 57.2 Å². The van der Waals surface area contributed by atoms with Gasteiger partial charge in [0.05, 0.1) is 64.2 Å². The van der Waals surface area contributed by atoms with Crippen molar-refractivity contribution in [1.82, 2.24) is 52.3 Å². The summed E-state index contributed by atoms with van der Waals surface area (Å²) in [6.07, 6.45) is 14.6. The second-order valence-electron chi connectivity index (χ2n) is 25.6. The van der Waals surface area contributed by atoms with Crippen LogP contribution in [0.25, 0.3) is 96.7 Å². The van der Waals surface area contributed by atoms with Crippen molar-refractivity contribution < 1.29 is 41.7 Å². The van der Waals surface area contributed by atoms with Crippen molar-refractivity contribution in [2.24, 2.45) is 84.6 Å². The molecule has 0 bridgehead atoms. The van der Waals surface area contributed by atoms with Crippen molar-refractivity contribution in [3.8, 4) is 85.7 Å². The summed E-state index contributed by atoms with van der Waals surface area (Å²) in [5.74, 6) is 3.12. The highest BCUT2D eigenvalue weighted by molar-refractivity contribution is 5.79. The molecule has 12 heterocycles. The minimum Gasteiger partial charge on any atom is -0.326 e. The van der Waals surface area contributed by atoms with Crippen LogP contribution in [0.15, 0.2) is 177 Å². The normalized spacial score (nSPS) is 11.5. The van der Waals surface area contributed by atoms with E-state index < -0.39 is 0 Å². The van der Waals surface area contributed by atoms with E-state index in [9.17, 15) is 0 Å². The molecule has 13 rings (SSSR count). The van der Waals surface area contributed by atoms with Gasteiger partial charge in [0, 0.05) is 92.6 Å². The first-order valence-electron chi connectivity index (χ1n) is 32.5. The van der Waals surface area contributed by atoms with E-state index >= 15 is 0 Å². The molecule has 20 heteroatoms. The van der Waals surface area contributed by atoms with Crippen LogP contribution < -0.4 is 41.7 Å². The number of benzene rings is 1. The number of hydrogen-bond acceptors (Lipinski definition) is 3. The lowest BCUT2D eigenvalue weighted by Crippen LogP contribution is -2.46. The Morgan fingerprint density at radius 2 is 0.777 bits per heavy atom. The fraction of sp³-hybridized carbons (Fsp3) is 0.351. The predicted octanol–water partition coefficient (Wildman–Crippen LogP) is 8.13. The van der Waals surface area contributed by atoms with Crippen LogP contribution in [-0.2, 0) is 84.6 Å². The second-order valence-corrected chi connectivity index (χ2v) is 25.6. The first-order valence-corrected chi connectivity index (χ1v) is 32.5. The van der Waals surface area contributed by atoms with Gasteiger partial charge in [0.1, 0.15) is 38.4 Å². The van der Waals surface area contributed by atoms with Gasteiger partial charge in [-0.05, 0) is 122 Å². The van der Waals surface area contributed by atoms with Crippen molar-refractivity contribution in [2.75, 3.05) is 0 Å². The molecule has 0 spiro atoms. The number of fused-ring (bicyclic) bond motifs is 1. The molecule has 0 radical (unpaired) electrons. The van der Waals surface area contributed by atoms with Crippen LogP contribution in [0.2, 0.25) is 0 Å². The first kappa shape index (κ1) is 66.7. The Labute approximate surface area is 554 Å². The number of imidazole rings is 2. The van der Waals surface area contributed by atoms with E-state index in [0.717, 1.165) is 68.4 Å². The van der Waals surface area contributed by atoms with E-state index in [0.29, 0.717) is 24.2 Å². The molecular weight excluding hydrogens is 1170 g/mol. The van der Waals surface area contributed by atoms with Crippen molar-refractivity contribution >= 4 is 11.0 Å². The Hall–Kier alpha value is -10.2. The topological polar surface area (TPSA) is 113 Å². The van der Waals surface area contributed by atoms with Gasteiger partial charge in [-0.1, -0.05) is 12.1 Å². The molecule has 94 heavy (non-hydrogen) atoms. The summed E-state index contributed by atoms with van der Waals surface area (Å²) in [5, 5.41) is 4.47. The largest absolute Gasteiger partial charge is 0.342 e. The zero-order valence-corrected chi connectivity index (χ0v) is 59.5. The fourth-order valence-electron chi connectivity index (χ4n) is 12.9. The van der Waals surface area contributed by atoms with Gasteiger partial charge in [-0.3, -0.25) is 4.68 Å². The van der Waals surface area contributed by atoms with Crippen molar-refractivity contribution in [3.05, 3.63) is 188 Å². The van der Waals surface area contributed by atoms with Gasteiger partial charge < -0.3 is 9.13 Å². The molecule has 12 aromatic heterocycles. The maximum absolute atomic E-state index is 4.86. The summed E-state index contributed by atoms with van der Waals surface area (Å²) in [4.78, 5) is 9.29. The number of nitrogens with zero attached hydrogens (tertiary/aromatic N) is 20. The quantitative estimate of drug-likeness (QED) is 0.115. The van der Waals surface area contributed by atoms with Crippen LogP contribution >= 0.6 is 0 Å². The summed E-state index contributed by atoms with van der Waals surface area (Å²) in [6, 6.07) is 48.5. The summed E-state index contributed by atoms with van der Waals surface area (Å²) >= 11 is 0. The molecule has 13 aromatic rings. The minimum absolute atomic E-state index is 0.419. The Balaban J connectivity index is 0.000000137. The number of para-hydroxylation sites is 2. The lowest BCUT2D eigenvalue weighted by atomic mass is 10.2. The molecule has 0 fully saturated rings. The highest BCUT2D eigenvalue weighted by Gasteiger charge is 2.30. The molecular formula is C74H99N20+9. The third kappa shape index (κ3) is 12.8. The van der Waals surface area contributed by atoms with Crippen molar-refractivity contribution in [2.45, 2.75) is 93.4 Å². The number of aromatic nitrogens is 20. The Bertz CT molecular complexity index is 4720. The number of pyridine rings is 4. The third-order valence-electron chi connectivity index (χ3n) is 18.3. The predicted molar refractivity (Wildman–Crippen MR) is 365 cm³/mol. The summed E-state index contributed by atoms with van der Waals surface area (Å²) in [7, 11) is 25.0. The standard InChI is InChI=1S/C21H25N5.2C18H25N5.C17H24N5/c1-15(2)26-14-13-19(25(26)5)18-11-8-12-20(23(18)3)21-22-16-9-6-7-10-17(16)24(21)4;1-13(2)23-11-10-17(22(23)6)15-8-7-9-16(21(15)5)18-12-19-14(3)20(18)4;1-13(2)23-11-10-17(22(23)6)15-8-7-9-16(20(15)4)18-12-14(3)19-21(18)5;1-14(2)21-13-10-16(20(21)5)15-8-6-9-17(19(15)4)22-12-7-11-18(22)3/h6-15H,1-5H3;2*7-13H,1-6H3;6-14H,1-5H3/q3*+2;+3. The van der Waals surface area contributed by atoms with Crippen LogP contribution in [-0.4, -0.2) is 52.3 Å². The summed E-state index contributed by atoms with van der Waals surface area (Å²) < 4.78 is 37.1. The highest BCUT2D eigenvalue weighted by Crippen LogP contribution is 2.26. The van der Waals surface area contributed by atoms with Crippen molar-refractivity contribution in [3.63, 3.8) is 0 Å².